The van der Waals surface area contributed by atoms with Crippen molar-refractivity contribution in [2.24, 2.45) is 0 Å². The molecule has 0 aromatic carbocycles. The molecule has 3 nitrogen and oxygen atoms in total. The molecular formula is C11H18N2OS. The van der Waals surface area contributed by atoms with Gasteiger partial charge in [0, 0.05) is 29.9 Å². The Kier molecular flexibility index (Phi) is 4.91. The molecule has 0 saturated heterocycles. The van der Waals surface area contributed by atoms with Crippen LogP contribution < -0.4 is 5.32 Å². The summed E-state index contributed by atoms with van der Waals surface area (Å²) in [6.45, 7) is 3.84. The molecule has 1 heterocycles. The first kappa shape index (κ1) is 12.3. The van der Waals surface area contributed by atoms with Crippen LogP contribution in [0.2, 0.25) is 0 Å². The van der Waals surface area contributed by atoms with Crippen molar-refractivity contribution >= 4 is 17.4 Å². The van der Waals surface area contributed by atoms with Gasteiger partial charge in [0.25, 0.3) is 0 Å². The Bertz CT molecular complexity index is 304. The average molecular weight is 226 g/mol. The molecule has 0 saturated carbocycles. The maximum Gasteiger partial charge on any atom is 0.0628 e. The number of nitrogens with one attached hydrogen (secondary N) is 1. The van der Waals surface area contributed by atoms with Crippen LogP contribution in [-0.2, 0) is 5.75 Å². The number of hydrogen-bond acceptors (Lipinski definition) is 4. The van der Waals surface area contributed by atoms with E-state index in [4.69, 9.17) is 0 Å². The Labute approximate surface area is 95.3 Å². The minimum Gasteiger partial charge on any atom is -0.392 e. The number of aliphatic hydroxyl groups is 1. The largest absolute Gasteiger partial charge is 0.392 e. The van der Waals surface area contributed by atoms with E-state index < -0.39 is 0 Å². The van der Waals surface area contributed by atoms with E-state index in [-0.39, 0.29) is 11.4 Å². The zero-order valence-electron chi connectivity index (χ0n) is 9.40. The number of nitrogens with zero attached hydrogens (tertiary/aromatic N) is 1. The summed E-state index contributed by atoms with van der Waals surface area (Å²) in [6, 6.07) is 3.97. The highest BCUT2D eigenvalue weighted by molar-refractivity contribution is 7.99. The molecule has 0 aliphatic carbocycles. The number of hydrogen-bond donors (Lipinski definition) is 2. The van der Waals surface area contributed by atoms with Gasteiger partial charge in [-0.15, -0.1) is 11.8 Å². The fourth-order valence-corrected chi connectivity index (χ4v) is 1.94. The lowest BCUT2D eigenvalue weighted by Gasteiger charge is -2.13. The third kappa shape index (κ3) is 4.10. The highest BCUT2D eigenvalue weighted by Crippen LogP contribution is 2.20. The van der Waals surface area contributed by atoms with Crippen molar-refractivity contribution in [1.82, 2.24) is 4.98 Å². The van der Waals surface area contributed by atoms with Crippen molar-refractivity contribution in [3.05, 3.63) is 24.0 Å². The fourth-order valence-electron chi connectivity index (χ4n) is 1.07. The van der Waals surface area contributed by atoms with Crippen molar-refractivity contribution in [3.63, 3.8) is 0 Å². The van der Waals surface area contributed by atoms with Crippen molar-refractivity contribution in [3.8, 4) is 0 Å². The van der Waals surface area contributed by atoms with E-state index in [1.54, 1.807) is 18.0 Å². The molecule has 1 aromatic rings. The molecule has 0 spiro atoms. The third-order valence-electron chi connectivity index (χ3n) is 2.28. The third-order valence-corrected chi connectivity index (χ3v) is 3.66. The van der Waals surface area contributed by atoms with Gasteiger partial charge in [0.15, 0.2) is 0 Å². The van der Waals surface area contributed by atoms with Gasteiger partial charge in [0.2, 0.25) is 0 Å². The van der Waals surface area contributed by atoms with Crippen LogP contribution in [0.4, 0.5) is 5.69 Å². The van der Waals surface area contributed by atoms with Gasteiger partial charge in [0.05, 0.1) is 11.8 Å². The van der Waals surface area contributed by atoms with Crippen LogP contribution in [0.1, 0.15) is 19.5 Å². The molecule has 0 radical (unpaired) electrons. The molecule has 1 aromatic heterocycles. The number of rotatable bonds is 5. The Morgan fingerprint density at radius 2 is 2.27 bits per heavy atom. The molecule has 2 N–H and O–H groups in total. The number of thioether (sulfide) groups is 1. The lowest BCUT2D eigenvalue weighted by molar-refractivity contribution is 0.196. The van der Waals surface area contributed by atoms with Crippen molar-refractivity contribution in [2.75, 3.05) is 12.4 Å². The van der Waals surface area contributed by atoms with Gasteiger partial charge in [-0.3, -0.25) is 4.98 Å². The first-order valence-corrected chi connectivity index (χ1v) is 6.10. The Hall–Kier alpha value is -0.740. The zero-order chi connectivity index (χ0) is 11.3. The second-order valence-corrected chi connectivity index (χ2v) is 4.91. The normalized spacial score (nSPS) is 14.7. The van der Waals surface area contributed by atoms with Crippen LogP contribution in [0.5, 0.6) is 0 Å². The van der Waals surface area contributed by atoms with Crippen LogP contribution in [-0.4, -0.2) is 28.5 Å². The fraction of sp³-hybridized carbons (Fsp3) is 0.545. The summed E-state index contributed by atoms with van der Waals surface area (Å²) < 4.78 is 0. The molecule has 2 atom stereocenters. The van der Waals surface area contributed by atoms with Gasteiger partial charge in [0.1, 0.15) is 0 Å². The Morgan fingerprint density at radius 3 is 2.87 bits per heavy atom. The molecule has 15 heavy (non-hydrogen) atoms. The van der Waals surface area contributed by atoms with Gasteiger partial charge >= 0.3 is 0 Å². The number of aliphatic hydroxyl groups excluding tert-OH is 1. The molecule has 0 aliphatic rings. The van der Waals surface area contributed by atoms with E-state index in [2.05, 4.69) is 10.3 Å². The van der Waals surface area contributed by atoms with Gasteiger partial charge in [-0.1, -0.05) is 6.92 Å². The lowest BCUT2D eigenvalue weighted by atomic mass is 10.3. The van der Waals surface area contributed by atoms with Gasteiger partial charge in [-0.05, 0) is 19.1 Å². The first-order valence-electron chi connectivity index (χ1n) is 5.06. The van der Waals surface area contributed by atoms with E-state index in [0.717, 1.165) is 17.1 Å². The SMILES string of the molecule is CNc1ccnc(CSC(C)C(C)O)c1. The standard InChI is InChI=1S/C11H18N2OS/c1-8(14)9(2)15-7-11-6-10(12-3)4-5-13-11/h4-6,8-9,14H,7H2,1-3H3,(H,12,13). The minimum absolute atomic E-state index is 0.241. The summed E-state index contributed by atoms with van der Waals surface area (Å²) >= 11 is 1.72. The highest BCUT2D eigenvalue weighted by atomic mass is 32.2. The summed E-state index contributed by atoms with van der Waals surface area (Å²) in [7, 11) is 1.89. The summed E-state index contributed by atoms with van der Waals surface area (Å²) in [5, 5.41) is 12.7. The smallest absolute Gasteiger partial charge is 0.0628 e. The van der Waals surface area contributed by atoms with E-state index >= 15 is 0 Å². The van der Waals surface area contributed by atoms with E-state index in [1.807, 2.05) is 33.0 Å². The van der Waals surface area contributed by atoms with E-state index in [0.29, 0.717) is 0 Å². The monoisotopic (exact) mass is 226 g/mol. The van der Waals surface area contributed by atoms with Gasteiger partial charge in [-0.2, -0.15) is 0 Å². The van der Waals surface area contributed by atoms with Gasteiger partial charge < -0.3 is 10.4 Å². The Balaban J connectivity index is 2.50. The molecular weight excluding hydrogens is 208 g/mol. The molecule has 0 fully saturated rings. The first-order chi connectivity index (χ1) is 7.13. The second kappa shape index (κ2) is 5.98. The van der Waals surface area contributed by atoms with Gasteiger partial charge in [-0.25, -0.2) is 0 Å². The Morgan fingerprint density at radius 1 is 1.53 bits per heavy atom. The summed E-state index contributed by atoms with van der Waals surface area (Å²) in [6.07, 6.45) is 1.52. The summed E-state index contributed by atoms with van der Waals surface area (Å²) in [5.74, 6) is 0.835. The quantitative estimate of drug-likeness (QED) is 0.807. The van der Waals surface area contributed by atoms with Crippen LogP contribution in [0.25, 0.3) is 0 Å². The average Bonchev–Trinajstić information content (AvgIpc) is 2.26. The molecule has 84 valence electrons. The van der Waals surface area contributed by atoms with Crippen molar-refractivity contribution in [1.29, 1.82) is 0 Å². The highest BCUT2D eigenvalue weighted by Gasteiger charge is 2.09. The van der Waals surface area contributed by atoms with Crippen molar-refractivity contribution < 1.29 is 5.11 Å². The predicted molar refractivity (Wildman–Crippen MR) is 66.2 cm³/mol. The number of pyridine rings is 1. The molecule has 4 heteroatoms. The van der Waals surface area contributed by atoms with Crippen LogP contribution in [0, 0.1) is 0 Å². The van der Waals surface area contributed by atoms with E-state index in [9.17, 15) is 5.11 Å². The molecule has 0 bridgehead atoms. The maximum absolute atomic E-state index is 9.35. The number of aromatic nitrogens is 1. The van der Waals surface area contributed by atoms with Crippen LogP contribution >= 0.6 is 11.8 Å². The summed E-state index contributed by atoms with van der Waals surface area (Å²) in [4.78, 5) is 4.28. The number of anilines is 1. The van der Waals surface area contributed by atoms with Crippen LogP contribution in [0.15, 0.2) is 18.3 Å². The predicted octanol–water partition coefficient (Wildman–Crippen LogP) is 2.13. The molecule has 0 amide bonds. The second-order valence-electron chi connectivity index (χ2n) is 3.54. The molecule has 1 rings (SSSR count). The van der Waals surface area contributed by atoms with E-state index in [1.165, 1.54) is 0 Å². The lowest BCUT2D eigenvalue weighted by Crippen LogP contribution is -2.15. The summed E-state index contributed by atoms with van der Waals surface area (Å²) in [5.41, 5.74) is 2.12. The molecule has 2 unspecified atom stereocenters. The minimum atomic E-state index is -0.275. The van der Waals surface area contributed by atoms with Crippen molar-refractivity contribution in [2.45, 2.75) is 31.0 Å². The maximum atomic E-state index is 9.35. The van der Waals surface area contributed by atoms with Crippen LogP contribution in [0.3, 0.4) is 0 Å². The topological polar surface area (TPSA) is 45.2 Å². The molecule has 0 aliphatic heterocycles. The zero-order valence-corrected chi connectivity index (χ0v) is 10.2.